The van der Waals surface area contributed by atoms with E-state index in [2.05, 4.69) is 30.8 Å². The SMILES string of the molecule is Cc1cc(C#Cc2ccc(F)c(OC(F)F)c2)ccc1OC(F)F.Cc1cc(C(=O)C(=O)c2ccc(OCC(F)F)c(F)c2)ccc1OC(F)F. The maximum absolute atomic E-state index is 13.8. The number of carbonyl (C=O) groups is 2. The van der Waals surface area contributed by atoms with Gasteiger partial charge in [0.05, 0.1) is 0 Å². The zero-order valence-corrected chi connectivity index (χ0v) is 26.2. The highest BCUT2D eigenvalue weighted by Gasteiger charge is 2.21. The fraction of sp³-hybridized carbons (Fsp3) is 0.200. The summed E-state index contributed by atoms with van der Waals surface area (Å²) in [5.41, 5.74) is 1.01. The summed E-state index contributed by atoms with van der Waals surface area (Å²) in [6.07, 6.45) is -2.80. The Kier molecular flexibility index (Phi) is 14.3. The van der Waals surface area contributed by atoms with Crippen molar-refractivity contribution in [3.63, 3.8) is 0 Å². The van der Waals surface area contributed by atoms with Crippen LogP contribution in [0.1, 0.15) is 43.0 Å². The summed E-state index contributed by atoms with van der Waals surface area (Å²) in [7, 11) is 0. The van der Waals surface area contributed by atoms with Crippen LogP contribution in [0.3, 0.4) is 0 Å². The number of alkyl halides is 8. The topological polar surface area (TPSA) is 71.1 Å². The van der Waals surface area contributed by atoms with Crippen molar-refractivity contribution >= 4 is 11.6 Å². The lowest BCUT2D eigenvalue weighted by Crippen LogP contribution is -2.15. The molecule has 0 spiro atoms. The van der Waals surface area contributed by atoms with Crippen LogP contribution in [0.4, 0.5) is 43.9 Å². The molecule has 6 nitrogen and oxygen atoms in total. The van der Waals surface area contributed by atoms with Crippen molar-refractivity contribution in [2.24, 2.45) is 0 Å². The van der Waals surface area contributed by atoms with Crippen LogP contribution in [0.2, 0.25) is 0 Å². The van der Waals surface area contributed by atoms with Crippen LogP contribution in [0.5, 0.6) is 23.0 Å². The molecule has 4 aromatic carbocycles. The van der Waals surface area contributed by atoms with E-state index < -0.39 is 67.6 Å². The zero-order valence-electron chi connectivity index (χ0n) is 26.2. The molecule has 0 aromatic heterocycles. The minimum atomic E-state index is -3.15. The molecule has 0 aliphatic rings. The second kappa shape index (κ2) is 18.3. The number of aryl methyl sites for hydroxylation is 2. The number of hydrogen-bond acceptors (Lipinski definition) is 6. The Morgan fingerprint density at radius 1 is 0.549 bits per heavy atom. The summed E-state index contributed by atoms with van der Waals surface area (Å²) >= 11 is 0. The predicted octanol–water partition coefficient (Wildman–Crippen LogP) is 9.18. The molecule has 0 radical (unpaired) electrons. The maximum Gasteiger partial charge on any atom is 0.387 e. The molecular weight excluding hydrogens is 706 g/mol. The summed E-state index contributed by atoms with van der Waals surface area (Å²) in [5.74, 6) is 0.117. The molecule has 16 heteroatoms. The van der Waals surface area contributed by atoms with Gasteiger partial charge in [-0.2, -0.15) is 26.3 Å². The lowest BCUT2D eigenvalue weighted by molar-refractivity contribution is -0.0524. The van der Waals surface area contributed by atoms with Crippen molar-refractivity contribution in [3.8, 4) is 34.8 Å². The van der Waals surface area contributed by atoms with Crippen molar-refractivity contribution in [3.05, 3.63) is 118 Å². The fourth-order valence-electron chi connectivity index (χ4n) is 4.06. The Bertz CT molecular complexity index is 1900. The Morgan fingerprint density at radius 2 is 1.00 bits per heavy atom. The third-order valence-electron chi connectivity index (χ3n) is 6.31. The van der Waals surface area contributed by atoms with Crippen LogP contribution in [0.15, 0.2) is 72.8 Å². The van der Waals surface area contributed by atoms with Gasteiger partial charge in [-0.1, -0.05) is 11.8 Å². The van der Waals surface area contributed by atoms with E-state index in [0.717, 1.165) is 36.4 Å². The number of ketones is 2. The summed E-state index contributed by atoms with van der Waals surface area (Å²) in [4.78, 5) is 24.5. The maximum atomic E-state index is 13.8. The number of halogens is 10. The summed E-state index contributed by atoms with van der Waals surface area (Å²) in [6.45, 7) is -7.14. The van der Waals surface area contributed by atoms with Gasteiger partial charge in [0.1, 0.15) is 18.1 Å². The van der Waals surface area contributed by atoms with Crippen LogP contribution in [0.25, 0.3) is 0 Å². The molecule has 0 atom stereocenters. The Balaban J connectivity index is 0.000000277. The smallest absolute Gasteiger partial charge is 0.387 e. The Labute approximate surface area is 283 Å². The molecule has 4 aromatic rings. The molecule has 0 fully saturated rings. The average Bonchev–Trinajstić information content (AvgIpc) is 3.05. The molecular formula is C35H24F10O6. The van der Waals surface area contributed by atoms with Crippen molar-refractivity contribution in [1.82, 2.24) is 0 Å². The van der Waals surface area contributed by atoms with Gasteiger partial charge in [-0.3, -0.25) is 9.59 Å². The quantitative estimate of drug-likeness (QED) is 0.0627. The van der Waals surface area contributed by atoms with Crippen LogP contribution in [-0.2, 0) is 0 Å². The minimum Gasteiger partial charge on any atom is -0.485 e. The first kappa shape index (κ1) is 39.7. The molecule has 4 rings (SSSR count). The van der Waals surface area contributed by atoms with E-state index in [9.17, 15) is 53.5 Å². The Hall–Kier alpha value is -5.72. The van der Waals surface area contributed by atoms with E-state index in [0.29, 0.717) is 17.2 Å². The zero-order chi connectivity index (χ0) is 37.8. The van der Waals surface area contributed by atoms with Crippen LogP contribution >= 0.6 is 0 Å². The molecule has 0 bridgehead atoms. The molecule has 0 aliphatic carbocycles. The van der Waals surface area contributed by atoms with Gasteiger partial charge in [0.15, 0.2) is 23.1 Å². The minimum absolute atomic E-state index is 0.0324. The van der Waals surface area contributed by atoms with Crippen LogP contribution in [0, 0.1) is 37.3 Å². The van der Waals surface area contributed by atoms with Crippen molar-refractivity contribution in [2.75, 3.05) is 6.61 Å². The van der Waals surface area contributed by atoms with Crippen molar-refractivity contribution < 1.29 is 72.4 Å². The van der Waals surface area contributed by atoms with Gasteiger partial charge in [0.2, 0.25) is 11.6 Å². The first-order valence-corrected chi connectivity index (χ1v) is 14.2. The van der Waals surface area contributed by atoms with Crippen molar-refractivity contribution in [2.45, 2.75) is 40.1 Å². The van der Waals surface area contributed by atoms with E-state index in [1.54, 1.807) is 6.92 Å². The van der Waals surface area contributed by atoms with E-state index in [1.165, 1.54) is 37.3 Å². The lowest BCUT2D eigenvalue weighted by atomic mass is 9.99. The normalized spacial score (nSPS) is 10.7. The standard InChI is InChI=1S/C18H13F5O4.C17H11F5O2/c1-9-6-10(2-4-13(9)27-18(22)23)16(24)17(25)11-3-5-14(12(19)7-11)26-8-15(20)21;1-10-8-11(5-7-14(10)23-16(19)20)2-3-12-4-6-13(18)15(9-12)24-17(21)22/h2-7,15,18H,8H2,1H3;4-9,16-17H,1H3. The van der Waals surface area contributed by atoms with Crippen LogP contribution in [-0.4, -0.2) is 44.4 Å². The monoisotopic (exact) mass is 730 g/mol. The van der Waals surface area contributed by atoms with E-state index in [-0.39, 0.29) is 33.8 Å². The third kappa shape index (κ3) is 12.3. The number of Topliss-reactive ketones (excluding diaryl/α,β-unsaturated/α-hetero) is 2. The average molecular weight is 731 g/mol. The van der Waals surface area contributed by atoms with E-state index in [1.807, 2.05) is 0 Å². The summed E-state index contributed by atoms with van der Waals surface area (Å²) in [6, 6.07) is 13.8. The molecule has 270 valence electrons. The molecule has 0 unspecified atom stereocenters. The van der Waals surface area contributed by atoms with E-state index in [4.69, 9.17) is 0 Å². The molecule has 0 saturated carbocycles. The number of hydrogen-bond donors (Lipinski definition) is 0. The first-order valence-electron chi connectivity index (χ1n) is 14.2. The fourth-order valence-corrected chi connectivity index (χ4v) is 4.06. The molecule has 0 N–H and O–H groups in total. The van der Waals surface area contributed by atoms with Crippen LogP contribution < -0.4 is 18.9 Å². The molecule has 51 heavy (non-hydrogen) atoms. The number of ether oxygens (including phenoxy) is 4. The highest BCUT2D eigenvalue weighted by molar-refractivity contribution is 6.49. The number of carbonyl (C=O) groups excluding carboxylic acids is 2. The molecule has 0 aliphatic heterocycles. The van der Waals surface area contributed by atoms with Gasteiger partial charge in [0.25, 0.3) is 6.43 Å². The summed E-state index contributed by atoms with van der Waals surface area (Å²) < 4.78 is 142. The largest absolute Gasteiger partial charge is 0.485 e. The molecule has 0 amide bonds. The van der Waals surface area contributed by atoms with E-state index >= 15 is 0 Å². The van der Waals surface area contributed by atoms with Gasteiger partial charge in [-0.25, -0.2) is 17.6 Å². The molecule has 0 heterocycles. The second-order valence-corrected chi connectivity index (χ2v) is 10.00. The second-order valence-electron chi connectivity index (χ2n) is 10.00. The van der Waals surface area contributed by atoms with Crippen molar-refractivity contribution in [1.29, 1.82) is 0 Å². The molecule has 0 saturated heterocycles. The number of benzene rings is 4. The predicted molar refractivity (Wildman–Crippen MR) is 161 cm³/mol. The van der Waals surface area contributed by atoms with Gasteiger partial charge < -0.3 is 18.9 Å². The first-order chi connectivity index (χ1) is 24.0. The highest BCUT2D eigenvalue weighted by Crippen LogP contribution is 2.25. The third-order valence-corrected chi connectivity index (χ3v) is 6.31. The summed E-state index contributed by atoms with van der Waals surface area (Å²) in [5, 5.41) is 0. The highest BCUT2D eigenvalue weighted by atomic mass is 19.3. The van der Waals surface area contributed by atoms with Gasteiger partial charge in [-0.15, -0.1) is 0 Å². The Morgan fingerprint density at radius 3 is 1.49 bits per heavy atom. The number of rotatable bonds is 12. The van der Waals surface area contributed by atoms with Gasteiger partial charge in [0, 0.05) is 22.3 Å². The van der Waals surface area contributed by atoms with Gasteiger partial charge in [-0.05, 0) is 97.8 Å². The lowest BCUT2D eigenvalue weighted by Gasteiger charge is -2.10. The van der Waals surface area contributed by atoms with Gasteiger partial charge >= 0.3 is 19.8 Å².